The van der Waals surface area contributed by atoms with Crippen molar-refractivity contribution in [2.75, 3.05) is 0 Å². The van der Waals surface area contributed by atoms with Crippen LogP contribution in [0.1, 0.15) is 48.8 Å². The third kappa shape index (κ3) is 2.09. The molecule has 0 saturated heterocycles. The zero-order chi connectivity index (χ0) is 15.2. The molecule has 2 N–H and O–H groups in total. The second kappa shape index (κ2) is 5.05. The summed E-state index contributed by atoms with van der Waals surface area (Å²) in [6, 6.07) is 13.4. The van der Waals surface area contributed by atoms with Crippen LogP contribution >= 0.6 is 0 Å². The number of hydrogen-bond acceptors (Lipinski definition) is 2. The van der Waals surface area contributed by atoms with Crippen molar-refractivity contribution in [3.63, 3.8) is 0 Å². The highest BCUT2D eigenvalue weighted by Gasteiger charge is 2.46. The topological polar surface area (TPSA) is 40.5 Å². The van der Waals surface area contributed by atoms with E-state index in [-0.39, 0.29) is 5.41 Å². The minimum atomic E-state index is 0.267. The van der Waals surface area contributed by atoms with E-state index in [4.69, 9.17) is 0 Å². The molecule has 22 heavy (non-hydrogen) atoms. The normalized spacial score (nSPS) is 26.5. The summed E-state index contributed by atoms with van der Waals surface area (Å²) in [5.41, 5.74) is 3.47. The molecule has 0 radical (unpaired) electrons. The van der Waals surface area contributed by atoms with Crippen LogP contribution < -0.4 is 0 Å². The Kier molecular flexibility index (Phi) is 3.14. The largest absolute Gasteiger partial charge is 0.508 e. The first-order valence-electron chi connectivity index (χ1n) is 8.26. The summed E-state index contributed by atoms with van der Waals surface area (Å²) in [6.45, 7) is 0. The maximum Gasteiger partial charge on any atom is 0.119 e. The Morgan fingerprint density at radius 3 is 2.32 bits per heavy atom. The Morgan fingerprint density at radius 1 is 0.909 bits per heavy atom. The van der Waals surface area contributed by atoms with E-state index in [1.807, 2.05) is 24.3 Å². The lowest BCUT2D eigenvalue weighted by Crippen LogP contribution is -2.21. The number of para-hydroxylation sites is 1. The third-order valence-corrected chi connectivity index (χ3v) is 5.82. The minimum absolute atomic E-state index is 0.267. The van der Waals surface area contributed by atoms with Gasteiger partial charge in [-0.25, -0.2) is 0 Å². The molecule has 2 aliphatic carbocycles. The molecule has 2 nitrogen and oxygen atoms in total. The van der Waals surface area contributed by atoms with E-state index in [0.717, 1.165) is 17.0 Å². The van der Waals surface area contributed by atoms with Crippen LogP contribution in [0, 0.1) is 5.92 Å². The number of aromatic hydroxyl groups is 2. The van der Waals surface area contributed by atoms with E-state index in [0.29, 0.717) is 17.9 Å². The predicted molar refractivity (Wildman–Crippen MR) is 87.3 cm³/mol. The number of fused-ring (bicyclic) bond motifs is 2. The van der Waals surface area contributed by atoms with Crippen molar-refractivity contribution >= 4 is 0 Å². The molecule has 2 heteroatoms. The highest BCUT2D eigenvalue weighted by Crippen LogP contribution is 2.56. The van der Waals surface area contributed by atoms with Crippen LogP contribution in [0.15, 0.2) is 42.5 Å². The number of phenols is 2. The van der Waals surface area contributed by atoms with Crippen LogP contribution in [-0.4, -0.2) is 10.2 Å². The Balaban J connectivity index is 1.78. The molecule has 2 aromatic carbocycles. The van der Waals surface area contributed by atoms with E-state index in [2.05, 4.69) is 6.07 Å². The molecular formula is C20H22O2. The van der Waals surface area contributed by atoms with Gasteiger partial charge in [-0.3, -0.25) is 0 Å². The van der Waals surface area contributed by atoms with E-state index in [9.17, 15) is 10.2 Å². The van der Waals surface area contributed by atoms with Gasteiger partial charge in [-0.1, -0.05) is 30.3 Å². The summed E-state index contributed by atoms with van der Waals surface area (Å²) in [6.07, 6.45) is 7.01. The molecular weight excluding hydrogens is 272 g/mol. The quantitative estimate of drug-likeness (QED) is 0.873. The van der Waals surface area contributed by atoms with Crippen molar-refractivity contribution in [3.8, 4) is 11.5 Å². The van der Waals surface area contributed by atoms with E-state index in [1.165, 1.54) is 37.7 Å². The number of hydrogen-bond donors (Lipinski definition) is 2. The maximum atomic E-state index is 10.4. The maximum absolute atomic E-state index is 10.4. The summed E-state index contributed by atoms with van der Waals surface area (Å²) in [5.74, 6) is 1.55. The first-order chi connectivity index (χ1) is 10.7. The van der Waals surface area contributed by atoms with E-state index < -0.39 is 0 Å². The molecule has 4 rings (SSSR count). The van der Waals surface area contributed by atoms with Gasteiger partial charge in [0.25, 0.3) is 0 Å². The summed E-state index contributed by atoms with van der Waals surface area (Å²) in [7, 11) is 0. The zero-order valence-corrected chi connectivity index (χ0v) is 12.8. The Labute approximate surface area is 131 Å². The van der Waals surface area contributed by atoms with Crippen LogP contribution in [-0.2, 0) is 11.8 Å². The summed E-state index contributed by atoms with van der Waals surface area (Å²) < 4.78 is 0. The van der Waals surface area contributed by atoms with Gasteiger partial charge in [0.2, 0.25) is 0 Å². The summed E-state index contributed by atoms with van der Waals surface area (Å²) in [4.78, 5) is 0. The second-order valence-electron chi connectivity index (χ2n) is 7.04. The molecule has 0 heterocycles. The number of rotatable bonds is 3. The fourth-order valence-corrected chi connectivity index (χ4v) is 4.68. The Bertz CT molecular complexity index is 697. The van der Waals surface area contributed by atoms with Gasteiger partial charge in [0.05, 0.1) is 0 Å². The lowest BCUT2D eigenvalue weighted by atomic mass is 9.74. The Morgan fingerprint density at radius 2 is 1.64 bits per heavy atom. The van der Waals surface area contributed by atoms with Gasteiger partial charge in [-0.15, -0.1) is 0 Å². The highest BCUT2D eigenvalue weighted by molar-refractivity contribution is 5.49. The van der Waals surface area contributed by atoms with Crippen LogP contribution in [0.4, 0.5) is 0 Å². The van der Waals surface area contributed by atoms with Crippen LogP contribution in [0.3, 0.4) is 0 Å². The fraction of sp³-hybridized carbons (Fsp3) is 0.400. The molecule has 2 bridgehead atoms. The highest BCUT2D eigenvalue weighted by atomic mass is 16.3. The van der Waals surface area contributed by atoms with Crippen LogP contribution in [0.5, 0.6) is 11.5 Å². The van der Waals surface area contributed by atoms with Crippen molar-refractivity contribution in [2.24, 2.45) is 5.92 Å². The van der Waals surface area contributed by atoms with Crippen LogP contribution in [0.2, 0.25) is 0 Å². The smallest absolute Gasteiger partial charge is 0.119 e. The standard InChI is InChI=1S/C20H22O2/c21-18-6-2-1-4-15(18)12-16-17(5-3-7-19(16)22)20-10-8-14(13-20)9-11-20/h1-7,14,21-22H,8-13H2. The Hall–Kier alpha value is -1.96. The number of benzene rings is 2. The molecule has 2 aromatic rings. The van der Waals surface area contributed by atoms with E-state index in [1.54, 1.807) is 12.1 Å². The van der Waals surface area contributed by atoms with Gasteiger partial charge in [-0.05, 0) is 66.7 Å². The van der Waals surface area contributed by atoms with Crippen molar-refractivity contribution in [3.05, 3.63) is 59.2 Å². The molecule has 0 amide bonds. The molecule has 0 aliphatic heterocycles. The molecule has 2 aliphatic rings. The van der Waals surface area contributed by atoms with Crippen molar-refractivity contribution in [1.82, 2.24) is 0 Å². The molecule has 0 spiro atoms. The molecule has 2 saturated carbocycles. The SMILES string of the molecule is Oc1ccccc1Cc1c(O)cccc1C12CCC(CC1)C2. The van der Waals surface area contributed by atoms with Gasteiger partial charge in [-0.2, -0.15) is 0 Å². The average Bonchev–Trinajstić information content (AvgIpc) is 3.13. The van der Waals surface area contributed by atoms with Gasteiger partial charge in [0.1, 0.15) is 11.5 Å². The van der Waals surface area contributed by atoms with Gasteiger partial charge < -0.3 is 10.2 Å². The average molecular weight is 294 g/mol. The minimum Gasteiger partial charge on any atom is -0.508 e. The molecule has 0 unspecified atom stereocenters. The first kappa shape index (κ1) is 13.7. The molecule has 0 atom stereocenters. The molecule has 114 valence electrons. The fourth-order valence-electron chi connectivity index (χ4n) is 4.68. The summed E-state index contributed by atoms with van der Waals surface area (Å²) >= 11 is 0. The zero-order valence-electron chi connectivity index (χ0n) is 12.8. The predicted octanol–water partition coefficient (Wildman–Crippen LogP) is 4.52. The lowest BCUT2D eigenvalue weighted by Gasteiger charge is -2.30. The summed E-state index contributed by atoms with van der Waals surface area (Å²) in [5, 5.41) is 20.5. The van der Waals surface area contributed by atoms with E-state index >= 15 is 0 Å². The first-order valence-corrected chi connectivity index (χ1v) is 8.26. The van der Waals surface area contributed by atoms with Gasteiger partial charge >= 0.3 is 0 Å². The van der Waals surface area contributed by atoms with Crippen molar-refractivity contribution in [2.45, 2.75) is 43.9 Å². The van der Waals surface area contributed by atoms with Crippen molar-refractivity contribution in [1.29, 1.82) is 0 Å². The van der Waals surface area contributed by atoms with Crippen molar-refractivity contribution < 1.29 is 10.2 Å². The van der Waals surface area contributed by atoms with Crippen LogP contribution in [0.25, 0.3) is 0 Å². The van der Waals surface area contributed by atoms with Gasteiger partial charge in [0.15, 0.2) is 0 Å². The molecule has 0 aromatic heterocycles. The monoisotopic (exact) mass is 294 g/mol. The lowest BCUT2D eigenvalue weighted by molar-refractivity contribution is 0.409. The third-order valence-electron chi connectivity index (χ3n) is 5.82. The number of phenolic OH excluding ortho intramolecular Hbond substituents is 2. The van der Waals surface area contributed by atoms with Gasteiger partial charge in [0, 0.05) is 12.0 Å². The molecule has 2 fully saturated rings. The second-order valence-corrected chi connectivity index (χ2v) is 7.04.